The van der Waals surface area contributed by atoms with Gasteiger partial charge in [-0.1, -0.05) is 19.9 Å². The van der Waals surface area contributed by atoms with Crippen LogP contribution in [0, 0.1) is 0 Å². The van der Waals surface area contributed by atoms with Gasteiger partial charge >= 0.3 is 0 Å². The molecular weight excluding hydrogens is 236 g/mol. The minimum atomic E-state index is 0.480. The SMILES string of the molecule is C=CCCCCCOc1ccc(CNC(C)C)nc1. The predicted molar refractivity (Wildman–Crippen MR) is 80.4 cm³/mol. The fourth-order valence-corrected chi connectivity index (χ4v) is 1.67. The van der Waals surface area contributed by atoms with Crippen molar-refractivity contribution >= 4 is 0 Å². The van der Waals surface area contributed by atoms with Crippen molar-refractivity contribution in [2.24, 2.45) is 0 Å². The van der Waals surface area contributed by atoms with E-state index in [0.717, 1.165) is 37.4 Å². The van der Waals surface area contributed by atoms with Crippen molar-refractivity contribution in [3.8, 4) is 5.75 Å². The molecule has 3 nitrogen and oxygen atoms in total. The van der Waals surface area contributed by atoms with Crippen molar-refractivity contribution < 1.29 is 4.74 Å². The van der Waals surface area contributed by atoms with E-state index in [4.69, 9.17) is 4.74 Å². The monoisotopic (exact) mass is 262 g/mol. The standard InChI is InChI=1S/C16H26N2O/c1-4-5-6-7-8-11-19-16-10-9-15(18-13-16)12-17-14(2)3/h4,9-10,13-14,17H,1,5-8,11-12H2,2-3H3. The molecule has 0 spiro atoms. The van der Waals surface area contributed by atoms with Crippen LogP contribution < -0.4 is 10.1 Å². The molecule has 0 fully saturated rings. The van der Waals surface area contributed by atoms with Crippen molar-refractivity contribution in [2.45, 2.75) is 52.1 Å². The summed E-state index contributed by atoms with van der Waals surface area (Å²) in [6, 6.07) is 4.49. The molecule has 0 aromatic carbocycles. The summed E-state index contributed by atoms with van der Waals surface area (Å²) in [5.41, 5.74) is 1.05. The largest absolute Gasteiger partial charge is 0.492 e. The van der Waals surface area contributed by atoms with Crippen molar-refractivity contribution in [3.05, 3.63) is 36.7 Å². The molecule has 1 rings (SSSR count). The number of pyridine rings is 1. The van der Waals surface area contributed by atoms with Crippen molar-refractivity contribution in [1.82, 2.24) is 10.3 Å². The lowest BCUT2D eigenvalue weighted by molar-refractivity contribution is 0.304. The zero-order chi connectivity index (χ0) is 13.9. The number of rotatable bonds is 10. The third kappa shape index (κ3) is 7.62. The van der Waals surface area contributed by atoms with Gasteiger partial charge in [-0.15, -0.1) is 6.58 Å². The third-order valence-electron chi connectivity index (χ3n) is 2.81. The summed E-state index contributed by atoms with van der Waals surface area (Å²) < 4.78 is 5.66. The highest BCUT2D eigenvalue weighted by molar-refractivity contribution is 5.19. The molecule has 1 aromatic heterocycles. The third-order valence-corrected chi connectivity index (χ3v) is 2.81. The molecule has 0 atom stereocenters. The molecule has 0 amide bonds. The molecule has 0 aliphatic rings. The summed E-state index contributed by atoms with van der Waals surface area (Å²) in [6.07, 6.45) is 8.35. The van der Waals surface area contributed by atoms with Gasteiger partial charge in [0.05, 0.1) is 18.5 Å². The summed E-state index contributed by atoms with van der Waals surface area (Å²) in [5, 5.41) is 3.34. The van der Waals surface area contributed by atoms with E-state index in [2.05, 4.69) is 30.7 Å². The van der Waals surface area contributed by atoms with Gasteiger partial charge < -0.3 is 10.1 Å². The van der Waals surface area contributed by atoms with E-state index in [1.54, 1.807) is 6.20 Å². The zero-order valence-corrected chi connectivity index (χ0v) is 12.2. The first-order valence-electron chi connectivity index (χ1n) is 7.14. The van der Waals surface area contributed by atoms with Crippen LogP contribution in [0.25, 0.3) is 0 Å². The van der Waals surface area contributed by atoms with E-state index in [1.807, 2.05) is 18.2 Å². The van der Waals surface area contributed by atoms with Gasteiger partial charge in [0.2, 0.25) is 0 Å². The molecule has 0 unspecified atom stereocenters. The molecule has 1 aromatic rings. The molecule has 0 saturated carbocycles. The maximum atomic E-state index is 5.66. The molecule has 3 heteroatoms. The number of aromatic nitrogens is 1. The van der Waals surface area contributed by atoms with Crippen LogP contribution in [0.3, 0.4) is 0 Å². The van der Waals surface area contributed by atoms with Crippen molar-refractivity contribution in [2.75, 3.05) is 6.61 Å². The van der Waals surface area contributed by atoms with Crippen LogP contribution in [0.15, 0.2) is 31.0 Å². The first kappa shape index (κ1) is 15.7. The molecule has 0 aliphatic carbocycles. The van der Waals surface area contributed by atoms with Crippen LogP contribution in [0.1, 0.15) is 45.2 Å². The van der Waals surface area contributed by atoms with Crippen LogP contribution in [-0.2, 0) is 6.54 Å². The van der Waals surface area contributed by atoms with Gasteiger partial charge in [-0.05, 0) is 37.8 Å². The van der Waals surface area contributed by atoms with Crippen molar-refractivity contribution in [1.29, 1.82) is 0 Å². The Kier molecular flexibility index (Phi) is 7.91. The lowest BCUT2D eigenvalue weighted by Gasteiger charge is -2.09. The smallest absolute Gasteiger partial charge is 0.137 e. The van der Waals surface area contributed by atoms with Crippen LogP contribution >= 0.6 is 0 Å². The highest BCUT2D eigenvalue weighted by Crippen LogP contribution is 2.10. The quantitative estimate of drug-likeness (QED) is 0.515. The normalized spacial score (nSPS) is 10.7. The average molecular weight is 262 g/mol. The minimum absolute atomic E-state index is 0.480. The molecule has 0 radical (unpaired) electrons. The van der Waals surface area contributed by atoms with Gasteiger partial charge in [0.1, 0.15) is 5.75 Å². The molecule has 106 valence electrons. The van der Waals surface area contributed by atoms with Crippen molar-refractivity contribution in [3.63, 3.8) is 0 Å². The Morgan fingerprint density at radius 2 is 2.16 bits per heavy atom. The van der Waals surface area contributed by atoms with E-state index in [1.165, 1.54) is 12.8 Å². The van der Waals surface area contributed by atoms with Gasteiger partial charge in [-0.3, -0.25) is 4.98 Å². The topological polar surface area (TPSA) is 34.1 Å². The number of hydrogen-bond donors (Lipinski definition) is 1. The maximum absolute atomic E-state index is 5.66. The number of nitrogens with one attached hydrogen (secondary N) is 1. The number of ether oxygens (including phenoxy) is 1. The van der Waals surface area contributed by atoms with E-state index >= 15 is 0 Å². The minimum Gasteiger partial charge on any atom is -0.492 e. The number of nitrogens with zero attached hydrogens (tertiary/aromatic N) is 1. The second-order valence-corrected chi connectivity index (χ2v) is 5.01. The van der Waals surface area contributed by atoms with Crippen LogP contribution in [0.5, 0.6) is 5.75 Å². The van der Waals surface area contributed by atoms with Gasteiger partial charge in [0.25, 0.3) is 0 Å². The highest BCUT2D eigenvalue weighted by atomic mass is 16.5. The first-order chi connectivity index (χ1) is 9.22. The van der Waals surface area contributed by atoms with E-state index in [9.17, 15) is 0 Å². The zero-order valence-electron chi connectivity index (χ0n) is 12.2. The lowest BCUT2D eigenvalue weighted by atomic mass is 10.2. The predicted octanol–water partition coefficient (Wildman–Crippen LogP) is 3.70. The van der Waals surface area contributed by atoms with E-state index in [0.29, 0.717) is 6.04 Å². The van der Waals surface area contributed by atoms with Gasteiger partial charge in [-0.2, -0.15) is 0 Å². The molecule has 19 heavy (non-hydrogen) atoms. The molecule has 0 bridgehead atoms. The maximum Gasteiger partial charge on any atom is 0.137 e. The first-order valence-corrected chi connectivity index (χ1v) is 7.14. The average Bonchev–Trinajstić information content (AvgIpc) is 2.41. The summed E-state index contributed by atoms with van der Waals surface area (Å²) in [4.78, 5) is 4.38. The van der Waals surface area contributed by atoms with Crippen LogP contribution in [0.2, 0.25) is 0 Å². The molecule has 0 saturated heterocycles. The molecule has 0 aliphatic heterocycles. The van der Waals surface area contributed by atoms with Crippen LogP contribution in [0.4, 0.5) is 0 Å². The Bertz CT molecular complexity index is 346. The number of hydrogen-bond acceptors (Lipinski definition) is 3. The fourth-order valence-electron chi connectivity index (χ4n) is 1.67. The lowest BCUT2D eigenvalue weighted by Crippen LogP contribution is -2.22. The molecule has 1 heterocycles. The van der Waals surface area contributed by atoms with E-state index in [-0.39, 0.29) is 0 Å². The Balaban J connectivity index is 2.18. The number of allylic oxidation sites excluding steroid dienone is 1. The second-order valence-electron chi connectivity index (χ2n) is 5.01. The summed E-state index contributed by atoms with van der Waals surface area (Å²) in [6.45, 7) is 9.54. The van der Waals surface area contributed by atoms with Gasteiger partial charge in [0, 0.05) is 12.6 Å². The Morgan fingerprint density at radius 1 is 1.32 bits per heavy atom. The number of unbranched alkanes of at least 4 members (excludes halogenated alkanes) is 3. The highest BCUT2D eigenvalue weighted by Gasteiger charge is 1.98. The van der Waals surface area contributed by atoms with Gasteiger partial charge in [0.15, 0.2) is 0 Å². The molecule has 1 N–H and O–H groups in total. The Hall–Kier alpha value is -1.35. The van der Waals surface area contributed by atoms with Crippen LogP contribution in [-0.4, -0.2) is 17.6 Å². The fraction of sp³-hybridized carbons (Fsp3) is 0.562. The summed E-state index contributed by atoms with van der Waals surface area (Å²) >= 11 is 0. The Morgan fingerprint density at radius 3 is 2.79 bits per heavy atom. The Labute approximate surface area is 117 Å². The van der Waals surface area contributed by atoms with E-state index < -0.39 is 0 Å². The summed E-state index contributed by atoms with van der Waals surface area (Å²) in [5.74, 6) is 0.858. The second kappa shape index (κ2) is 9.56. The summed E-state index contributed by atoms with van der Waals surface area (Å²) in [7, 11) is 0. The van der Waals surface area contributed by atoms with Gasteiger partial charge in [-0.25, -0.2) is 0 Å². The molecular formula is C16H26N2O.